The third kappa shape index (κ3) is 2.14. The molecule has 0 bridgehead atoms. The van der Waals surface area contributed by atoms with E-state index in [-0.39, 0.29) is 0 Å². The van der Waals surface area contributed by atoms with Crippen molar-refractivity contribution in [3.63, 3.8) is 0 Å². The summed E-state index contributed by atoms with van der Waals surface area (Å²) in [5.74, 6) is 2.10. The minimum Gasteiger partial charge on any atom is -0.333 e. The molecular weight excluding hydrogens is 262 g/mol. The fourth-order valence-corrected chi connectivity index (χ4v) is 3.10. The lowest BCUT2D eigenvalue weighted by Gasteiger charge is -2.24. The highest BCUT2D eigenvalue weighted by molar-refractivity contribution is 5.53. The van der Waals surface area contributed by atoms with Crippen molar-refractivity contribution in [2.75, 3.05) is 0 Å². The van der Waals surface area contributed by atoms with Gasteiger partial charge in [0.05, 0.1) is 6.33 Å². The highest BCUT2D eigenvalue weighted by Gasteiger charge is 2.24. The summed E-state index contributed by atoms with van der Waals surface area (Å²) in [6, 6.07) is 10.7. The number of rotatable bonds is 2. The van der Waals surface area contributed by atoms with Crippen molar-refractivity contribution >= 4 is 0 Å². The Balaban J connectivity index is 1.65. The first-order valence-corrected chi connectivity index (χ1v) is 7.29. The van der Waals surface area contributed by atoms with Crippen LogP contribution in [0.2, 0.25) is 0 Å². The molecule has 0 saturated carbocycles. The summed E-state index contributed by atoms with van der Waals surface area (Å²) in [4.78, 5) is 8.92. The van der Waals surface area contributed by atoms with Gasteiger partial charge in [0, 0.05) is 18.2 Å². The van der Waals surface area contributed by atoms with Crippen molar-refractivity contribution in [1.29, 1.82) is 0 Å². The van der Waals surface area contributed by atoms with Crippen LogP contribution in [0.5, 0.6) is 0 Å². The van der Waals surface area contributed by atoms with Gasteiger partial charge in [0.2, 0.25) is 5.82 Å². The molecule has 5 nitrogen and oxygen atoms in total. The summed E-state index contributed by atoms with van der Waals surface area (Å²) >= 11 is 0. The van der Waals surface area contributed by atoms with E-state index in [2.05, 4.69) is 55.1 Å². The van der Waals surface area contributed by atoms with Gasteiger partial charge in [-0.3, -0.25) is 5.10 Å². The Morgan fingerprint density at radius 2 is 2.10 bits per heavy atom. The monoisotopic (exact) mass is 279 g/mol. The maximum atomic E-state index is 4.53. The zero-order chi connectivity index (χ0) is 14.2. The van der Waals surface area contributed by atoms with Gasteiger partial charge in [-0.15, -0.1) is 0 Å². The number of imidazole rings is 1. The normalized spacial score (nSPS) is 17.7. The van der Waals surface area contributed by atoms with Gasteiger partial charge in [0.25, 0.3) is 0 Å². The van der Waals surface area contributed by atoms with Crippen LogP contribution in [-0.4, -0.2) is 24.7 Å². The van der Waals surface area contributed by atoms with Crippen LogP contribution in [0.15, 0.2) is 36.7 Å². The molecule has 0 saturated heterocycles. The minimum absolute atomic E-state index is 0.564. The third-order valence-electron chi connectivity index (χ3n) is 4.17. The Morgan fingerprint density at radius 1 is 1.24 bits per heavy atom. The Morgan fingerprint density at radius 3 is 2.86 bits per heavy atom. The summed E-state index contributed by atoms with van der Waals surface area (Å²) in [6.07, 6.45) is 4.08. The molecule has 0 spiro atoms. The molecule has 0 unspecified atom stereocenters. The molecule has 0 radical (unpaired) electrons. The van der Waals surface area contributed by atoms with E-state index in [9.17, 15) is 0 Å². The summed E-state index contributed by atoms with van der Waals surface area (Å²) in [5, 5.41) is 7.12. The highest BCUT2D eigenvalue weighted by atomic mass is 15.2. The molecule has 1 N–H and O–H groups in total. The number of hydrogen-bond donors (Lipinski definition) is 1. The Bertz CT molecular complexity index is 756. The number of aromatic nitrogens is 5. The lowest BCUT2D eigenvalue weighted by atomic mass is 9.90. The molecule has 2 aromatic heterocycles. The van der Waals surface area contributed by atoms with Crippen molar-refractivity contribution in [3.8, 4) is 11.5 Å². The predicted molar refractivity (Wildman–Crippen MR) is 79.8 cm³/mol. The minimum atomic E-state index is 0.564. The quantitative estimate of drug-likeness (QED) is 0.784. The van der Waals surface area contributed by atoms with Crippen LogP contribution in [0.3, 0.4) is 0 Å². The van der Waals surface area contributed by atoms with E-state index in [0.29, 0.717) is 11.7 Å². The average Bonchev–Trinajstić information content (AvgIpc) is 3.13. The number of H-pyrrole nitrogens is 1. The maximum Gasteiger partial charge on any atom is 0.201 e. The number of aryl methyl sites for hydroxylation is 1. The largest absolute Gasteiger partial charge is 0.333 e. The molecule has 21 heavy (non-hydrogen) atoms. The fourth-order valence-electron chi connectivity index (χ4n) is 3.10. The number of benzene rings is 1. The van der Waals surface area contributed by atoms with E-state index in [4.69, 9.17) is 0 Å². The van der Waals surface area contributed by atoms with E-state index in [1.54, 1.807) is 0 Å². The number of hydrogen-bond acceptors (Lipinski definition) is 3. The number of nitrogens with zero attached hydrogens (tertiary/aromatic N) is 4. The molecule has 3 aromatic rings. The molecular formula is C16H17N5. The molecule has 5 heteroatoms. The Labute approximate surface area is 123 Å². The zero-order valence-electron chi connectivity index (χ0n) is 12.0. The lowest BCUT2D eigenvalue weighted by Crippen LogP contribution is -2.18. The summed E-state index contributed by atoms with van der Waals surface area (Å²) in [5.41, 5.74) is 3.58. The fraction of sp³-hybridized carbons (Fsp3) is 0.312. The number of fused-ring (bicyclic) bond motifs is 1. The van der Waals surface area contributed by atoms with Gasteiger partial charge in [-0.25, -0.2) is 9.97 Å². The van der Waals surface area contributed by atoms with Crippen molar-refractivity contribution in [2.45, 2.75) is 32.2 Å². The first kappa shape index (κ1) is 12.3. The second-order valence-electron chi connectivity index (χ2n) is 5.58. The van der Waals surface area contributed by atoms with Crippen LogP contribution in [0.1, 0.15) is 29.4 Å². The van der Waals surface area contributed by atoms with E-state index >= 15 is 0 Å². The first-order valence-electron chi connectivity index (χ1n) is 7.29. The summed E-state index contributed by atoms with van der Waals surface area (Å²) < 4.78 is 2.25. The first-order chi connectivity index (χ1) is 10.3. The van der Waals surface area contributed by atoms with Crippen molar-refractivity contribution in [1.82, 2.24) is 24.7 Å². The molecule has 0 amide bonds. The second-order valence-corrected chi connectivity index (χ2v) is 5.58. The van der Waals surface area contributed by atoms with E-state index in [0.717, 1.165) is 30.9 Å². The van der Waals surface area contributed by atoms with Crippen LogP contribution in [0.25, 0.3) is 11.5 Å². The molecule has 106 valence electrons. The molecule has 1 aliphatic heterocycles. The Hall–Kier alpha value is -2.43. The predicted octanol–water partition coefficient (Wildman–Crippen LogP) is 2.71. The SMILES string of the molecule is Cc1nc(-c2ncn3c2CC[C@H](c2ccccc2)C3)n[nH]1. The molecule has 3 heterocycles. The Kier molecular flexibility index (Phi) is 2.84. The van der Waals surface area contributed by atoms with Gasteiger partial charge >= 0.3 is 0 Å². The molecule has 4 rings (SSSR count). The zero-order valence-corrected chi connectivity index (χ0v) is 12.0. The number of nitrogens with one attached hydrogen (secondary N) is 1. The van der Waals surface area contributed by atoms with Gasteiger partial charge in [-0.05, 0) is 25.3 Å². The van der Waals surface area contributed by atoms with E-state index in [1.165, 1.54) is 11.3 Å². The third-order valence-corrected chi connectivity index (χ3v) is 4.17. The van der Waals surface area contributed by atoms with Gasteiger partial charge < -0.3 is 4.57 Å². The van der Waals surface area contributed by atoms with Crippen molar-refractivity contribution < 1.29 is 0 Å². The highest BCUT2D eigenvalue weighted by Crippen LogP contribution is 2.32. The maximum absolute atomic E-state index is 4.53. The topological polar surface area (TPSA) is 59.4 Å². The van der Waals surface area contributed by atoms with Gasteiger partial charge in [-0.2, -0.15) is 5.10 Å². The smallest absolute Gasteiger partial charge is 0.201 e. The molecule has 1 aromatic carbocycles. The van der Waals surface area contributed by atoms with E-state index < -0.39 is 0 Å². The standard InChI is InChI=1S/C16H17N5/c1-11-18-16(20-19-11)15-14-8-7-13(9-21(14)10-17-15)12-5-3-2-4-6-12/h2-6,10,13H,7-9H2,1H3,(H,18,19,20)/t13-/m0/s1. The molecule has 0 fully saturated rings. The van der Waals surface area contributed by atoms with Crippen LogP contribution in [-0.2, 0) is 13.0 Å². The van der Waals surface area contributed by atoms with Gasteiger partial charge in [-0.1, -0.05) is 30.3 Å². The van der Waals surface area contributed by atoms with Gasteiger partial charge in [0.1, 0.15) is 11.5 Å². The summed E-state index contributed by atoms with van der Waals surface area (Å²) in [6.45, 7) is 2.89. The number of aromatic amines is 1. The average molecular weight is 279 g/mol. The second kappa shape index (κ2) is 4.84. The van der Waals surface area contributed by atoms with Crippen LogP contribution in [0.4, 0.5) is 0 Å². The van der Waals surface area contributed by atoms with Crippen molar-refractivity contribution in [2.24, 2.45) is 0 Å². The van der Waals surface area contributed by atoms with Crippen LogP contribution >= 0.6 is 0 Å². The molecule has 1 aliphatic rings. The van der Waals surface area contributed by atoms with Crippen molar-refractivity contribution in [3.05, 3.63) is 53.7 Å². The van der Waals surface area contributed by atoms with Gasteiger partial charge in [0.15, 0.2) is 0 Å². The van der Waals surface area contributed by atoms with Crippen LogP contribution < -0.4 is 0 Å². The van der Waals surface area contributed by atoms with E-state index in [1.807, 2.05) is 13.3 Å². The molecule has 1 atom stereocenters. The summed E-state index contributed by atoms with van der Waals surface area (Å²) in [7, 11) is 0. The lowest BCUT2D eigenvalue weighted by molar-refractivity contribution is 0.464. The molecule has 0 aliphatic carbocycles. The van der Waals surface area contributed by atoms with Crippen LogP contribution in [0, 0.1) is 6.92 Å².